The van der Waals surface area contributed by atoms with Crippen LogP contribution in [0.1, 0.15) is 37.9 Å². The molecule has 2 N–H and O–H groups in total. The maximum absolute atomic E-state index is 12.4. The zero-order valence-corrected chi connectivity index (χ0v) is 18.8. The van der Waals surface area contributed by atoms with E-state index in [0.29, 0.717) is 32.6 Å². The number of nitrogens with zero attached hydrogens (tertiary/aromatic N) is 3. The van der Waals surface area contributed by atoms with Gasteiger partial charge < -0.3 is 20.4 Å². The molecule has 0 atom stereocenters. The topological polar surface area (TPSA) is 77.6 Å². The summed E-state index contributed by atoms with van der Waals surface area (Å²) in [7, 11) is 0. The molecule has 0 spiro atoms. The molecule has 0 unspecified atom stereocenters. The summed E-state index contributed by atoms with van der Waals surface area (Å²) in [5.41, 5.74) is 2.06. The molecular formula is C22H31N5O2S. The smallest absolute Gasteiger partial charge is 0.315 e. The maximum Gasteiger partial charge on any atom is 0.315 e. The van der Waals surface area contributed by atoms with Crippen molar-refractivity contribution in [2.24, 2.45) is 0 Å². The van der Waals surface area contributed by atoms with Gasteiger partial charge in [-0.3, -0.25) is 4.79 Å². The minimum absolute atomic E-state index is 0.0120. The third kappa shape index (κ3) is 6.19. The van der Waals surface area contributed by atoms with E-state index >= 15 is 0 Å². The summed E-state index contributed by atoms with van der Waals surface area (Å²) in [4.78, 5) is 33.2. The number of carbonyl (C=O) groups is 2. The van der Waals surface area contributed by atoms with Gasteiger partial charge >= 0.3 is 6.03 Å². The lowest BCUT2D eigenvalue weighted by atomic mass is 9.98. The van der Waals surface area contributed by atoms with Crippen LogP contribution >= 0.6 is 11.3 Å². The van der Waals surface area contributed by atoms with Crippen LogP contribution in [0.5, 0.6) is 0 Å². The predicted octanol–water partition coefficient (Wildman–Crippen LogP) is 2.98. The lowest BCUT2D eigenvalue weighted by Gasteiger charge is -2.36. The van der Waals surface area contributed by atoms with Gasteiger partial charge in [0, 0.05) is 55.6 Å². The van der Waals surface area contributed by atoms with E-state index in [1.54, 1.807) is 11.3 Å². The van der Waals surface area contributed by atoms with Crippen LogP contribution < -0.4 is 15.5 Å². The second kappa shape index (κ2) is 9.93. The lowest BCUT2D eigenvalue weighted by molar-refractivity contribution is -0.131. The normalized spacial score (nSPS) is 14.5. The molecule has 1 aromatic heterocycles. The molecule has 0 aliphatic carbocycles. The Hall–Kier alpha value is -2.61. The van der Waals surface area contributed by atoms with Crippen molar-refractivity contribution in [1.29, 1.82) is 0 Å². The third-order valence-electron chi connectivity index (χ3n) is 5.00. The molecule has 1 fully saturated rings. The van der Waals surface area contributed by atoms with Gasteiger partial charge in [0.2, 0.25) is 5.91 Å². The summed E-state index contributed by atoms with van der Waals surface area (Å²) in [5.74, 6) is 0.0809. The summed E-state index contributed by atoms with van der Waals surface area (Å²) >= 11 is 1.61. The van der Waals surface area contributed by atoms with Crippen molar-refractivity contribution < 1.29 is 9.59 Å². The first-order chi connectivity index (χ1) is 14.3. The number of piperazine rings is 1. The molecule has 1 aliphatic rings. The number of urea groups is 1. The molecule has 3 amide bonds. The highest BCUT2D eigenvalue weighted by Crippen LogP contribution is 2.25. The average molecular weight is 430 g/mol. The fourth-order valence-electron chi connectivity index (χ4n) is 3.26. The number of anilines is 1. The van der Waals surface area contributed by atoms with Gasteiger partial charge in [0.1, 0.15) is 0 Å². The summed E-state index contributed by atoms with van der Waals surface area (Å²) in [6, 6.07) is 9.97. The second-order valence-corrected chi connectivity index (χ2v) is 9.31. The summed E-state index contributed by atoms with van der Waals surface area (Å²) in [6.07, 6.45) is 0.309. The number of para-hydroxylation sites is 1. The summed E-state index contributed by atoms with van der Waals surface area (Å²) in [6.45, 7) is 10.1. The quantitative estimate of drug-likeness (QED) is 0.740. The Morgan fingerprint density at radius 3 is 2.40 bits per heavy atom. The highest BCUT2D eigenvalue weighted by molar-refractivity contribution is 7.09. The Bertz CT molecular complexity index is 839. The van der Waals surface area contributed by atoms with Crippen molar-refractivity contribution in [2.75, 3.05) is 37.6 Å². The average Bonchev–Trinajstić information content (AvgIpc) is 3.23. The Balaban J connectivity index is 1.32. The van der Waals surface area contributed by atoms with E-state index in [-0.39, 0.29) is 17.4 Å². The number of aromatic nitrogens is 1. The number of benzene rings is 1. The zero-order chi connectivity index (χ0) is 21.6. The SMILES string of the molecule is CC(C)(C)c1nc(CNC(=O)NCCC(=O)N2CCN(c3ccccc3)CC2)cs1. The van der Waals surface area contributed by atoms with Gasteiger partial charge in [-0.2, -0.15) is 0 Å². The van der Waals surface area contributed by atoms with E-state index in [1.165, 1.54) is 5.69 Å². The van der Waals surface area contributed by atoms with Gasteiger partial charge in [-0.15, -0.1) is 11.3 Å². The van der Waals surface area contributed by atoms with Crippen LogP contribution in [0.2, 0.25) is 0 Å². The van der Waals surface area contributed by atoms with E-state index in [9.17, 15) is 9.59 Å². The molecule has 1 aromatic carbocycles. The van der Waals surface area contributed by atoms with E-state index in [1.807, 2.05) is 28.5 Å². The molecule has 30 heavy (non-hydrogen) atoms. The molecule has 2 heterocycles. The molecule has 2 aromatic rings. The van der Waals surface area contributed by atoms with Crippen LogP contribution in [-0.4, -0.2) is 54.5 Å². The Kier molecular flexibility index (Phi) is 7.31. The Morgan fingerprint density at radius 2 is 1.77 bits per heavy atom. The molecule has 7 nitrogen and oxygen atoms in total. The largest absolute Gasteiger partial charge is 0.368 e. The number of amides is 3. The van der Waals surface area contributed by atoms with Crippen LogP contribution in [0.3, 0.4) is 0 Å². The van der Waals surface area contributed by atoms with Crippen molar-refractivity contribution in [3.8, 4) is 0 Å². The van der Waals surface area contributed by atoms with E-state index in [0.717, 1.165) is 23.8 Å². The van der Waals surface area contributed by atoms with Crippen molar-refractivity contribution in [3.05, 3.63) is 46.4 Å². The van der Waals surface area contributed by atoms with Crippen LogP contribution in [0, 0.1) is 0 Å². The Labute approximate surface area is 182 Å². The molecule has 3 rings (SSSR count). The number of nitrogens with one attached hydrogen (secondary N) is 2. The van der Waals surface area contributed by atoms with Crippen molar-refractivity contribution in [1.82, 2.24) is 20.5 Å². The fraction of sp³-hybridized carbons (Fsp3) is 0.500. The highest BCUT2D eigenvalue weighted by Gasteiger charge is 2.21. The molecule has 1 saturated heterocycles. The first-order valence-corrected chi connectivity index (χ1v) is 11.3. The molecule has 1 aliphatic heterocycles. The molecule has 0 radical (unpaired) electrons. The van der Waals surface area contributed by atoms with Crippen LogP contribution in [0.4, 0.5) is 10.5 Å². The minimum Gasteiger partial charge on any atom is -0.368 e. The van der Waals surface area contributed by atoms with E-state index in [4.69, 9.17) is 0 Å². The van der Waals surface area contributed by atoms with Gasteiger partial charge in [-0.25, -0.2) is 9.78 Å². The number of hydrogen-bond acceptors (Lipinski definition) is 5. The first-order valence-electron chi connectivity index (χ1n) is 10.4. The first kappa shape index (κ1) is 22.1. The number of rotatable bonds is 6. The standard InChI is InChI=1S/C22H31N5O2S/c1-22(2,3)20-25-17(16-30-20)15-24-21(29)23-10-9-19(28)27-13-11-26(12-14-27)18-7-5-4-6-8-18/h4-8,16H,9-15H2,1-3H3,(H2,23,24,29). The van der Waals surface area contributed by atoms with Gasteiger partial charge in [-0.1, -0.05) is 39.0 Å². The summed E-state index contributed by atoms with van der Waals surface area (Å²) < 4.78 is 0. The van der Waals surface area contributed by atoms with Crippen molar-refractivity contribution in [2.45, 2.75) is 39.2 Å². The molecule has 0 saturated carbocycles. The minimum atomic E-state index is -0.276. The van der Waals surface area contributed by atoms with E-state index in [2.05, 4.69) is 53.4 Å². The molecule has 162 valence electrons. The monoisotopic (exact) mass is 429 g/mol. The number of hydrogen-bond donors (Lipinski definition) is 2. The van der Waals surface area contributed by atoms with E-state index < -0.39 is 0 Å². The van der Waals surface area contributed by atoms with Gasteiger partial charge in [0.05, 0.1) is 17.2 Å². The molecular weight excluding hydrogens is 398 g/mol. The molecule has 0 bridgehead atoms. The van der Waals surface area contributed by atoms with Crippen LogP contribution in [0.15, 0.2) is 35.7 Å². The number of thiazole rings is 1. The van der Waals surface area contributed by atoms with Gasteiger partial charge in [0.25, 0.3) is 0 Å². The second-order valence-electron chi connectivity index (χ2n) is 8.46. The fourth-order valence-corrected chi connectivity index (χ4v) is 4.17. The predicted molar refractivity (Wildman–Crippen MR) is 121 cm³/mol. The van der Waals surface area contributed by atoms with Gasteiger partial charge in [0.15, 0.2) is 0 Å². The van der Waals surface area contributed by atoms with Crippen molar-refractivity contribution >= 4 is 29.0 Å². The number of carbonyl (C=O) groups excluding carboxylic acids is 2. The van der Waals surface area contributed by atoms with Crippen molar-refractivity contribution in [3.63, 3.8) is 0 Å². The third-order valence-corrected chi connectivity index (χ3v) is 6.32. The Morgan fingerprint density at radius 1 is 1.07 bits per heavy atom. The van der Waals surface area contributed by atoms with Gasteiger partial charge in [-0.05, 0) is 12.1 Å². The highest BCUT2D eigenvalue weighted by atomic mass is 32.1. The molecule has 8 heteroatoms. The summed E-state index contributed by atoms with van der Waals surface area (Å²) in [5, 5.41) is 8.59. The van der Waals surface area contributed by atoms with Crippen LogP contribution in [-0.2, 0) is 16.8 Å². The maximum atomic E-state index is 12.4. The zero-order valence-electron chi connectivity index (χ0n) is 18.0. The van der Waals surface area contributed by atoms with Crippen LogP contribution in [0.25, 0.3) is 0 Å². The lowest BCUT2D eigenvalue weighted by Crippen LogP contribution is -2.49.